The van der Waals surface area contributed by atoms with Gasteiger partial charge in [-0.25, -0.2) is 0 Å². The Kier molecular flexibility index (Phi) is 4.14. The van der Waals surface area contributed by atoms with E-state index in [0.717, 1.165) is 11.8 Å². The number of thioether (sulfide) groups is 1. The molecule has 1 rings (SSSR count). The third kappa shape index (κ3) is 2.95. The first-order chi connectivity index (χ1) is 7.06. The van der Waals surface area contributed by atoms with Crippen LogP contribution in [0.3, 0.4) is 0 Å². The van der Waals surface area contributed by atoms with Crippen molar-refractivity contribution < 1.29 is 24.2 Å². The van der Waals surface area contributed by atoms with E-state index in [9.17, 15) is 14.4 Å². The van der Waals surface area contributed by atoms with Crippen LogP contribution in [-0.4, -0.2) is 34.5 Å². The molecule has 1 aliphatic heterocycles. The molecule has 1 fully saturated rings. The third-order valence-electron chi connectivity index (χ3n) is 2.18. The normalized spacial score (nSPS) is 25.3. The maximum atomic E-state index is 11.4. The van der Waals surface area contributed by atoms with Gasteiger partial charge in [0.25, 0.3) is 0 Å². The predicted molar refractivity (Wildman–Crippen MR) is 53.3 cm³/mol. The van der Waals surface area contributed by atoms with Crippen LogP contribution in [-0.2, 0) is 19.1 Å². The highest BCUT2D eigenvalue weighted by Crippen LogP contribution is 2.34. The molecule has 84 valence electrons. The number of carbonyl (C=O) groups is 3. The molecule has 0 aromatic rings. The van der Waals surface area contributed by atoms with Crippen LogP contribution in [0, 0.1) is 11.8 Å². The Morgan fingerprint density at radius 1 is 1.60 bits per heavy atom. The van der Waals surface area contributed by atoms with Gasteiger partial charge in [0.1, 0.15) is 0 Å². The van der Waals surface area contributed by atoms with Gasteiger partial charge in [-0.15, -0.1) is 0 Å². The summed E-state index contributed by atoms with van der Waals surface area (Å²) < 4.78 is 4.79. The van der Waals surface area contributed by atoms with E-state index in [2.05, 4.69) is 0 Å². The molecular weight excluding hydrogens is 220 g/mol. The molecule has 1 aliphatic rings. The van der Waals surface area contributed by atoms with E-state index in [-0.39, 0.29) is 18.1 Å². The summed E-state index contributed by atoms with van der Waals surface area (Å²) in [5.41, 5.74) is 0. The fourth-order valence-corrected chi connectivity index (χ4v) is 2.63. The lowest BCUT2D eigenvalue weighted by atomic mass is 9.92. The minimum Gasteiger partial charge on any atom is -0.481 e. The van der Waals surface area contributed by atoms with Crippen molar-refractivity contribution in [3.05, 3.63) is 0 Å². The van der Waals surface area contributed by atoms with Gasteiger partial charge in [0.2, 0.25) is 0 Å². The highest BCUT2D eigenvalue weighted by atomic mass is 32.2. The summed E-state index contributed by atoms with van der Waals surface area (Å²) in [6.45, 7) is 1.92. The number of carbonyl (C=O) groups excluding carboxylic acids is 2. The molecule has 5 nitrogen and oxygen atoms in total. The second-order valence-corrected chi connectivity index (χ2v) is 4.22. The number of esters is 1. The molecule has 0 aromatic carbocycles. The number of carboxylic acid groups (broad SMARTS) is 1. The highest BCUT2D eigenvalue weighted by molar-refractivity contribution is 8.14. The first-order valence-corrected chi connectivity index (χ1v) is 5.60. The zero-order valence-electron chi connectivity index (χ0n) is 8.26. The van der Waals surface area contributed by atoms with Crippen LogP contribution in [0.25, 0.3) is 0 Å². The topological polar surface area (TPSA) is 80.7 Å². The Morgan fingerprint density at radius 2 is 2.27 bits per heavy atom. The van der Waals surface area contributed by atoms with Crippen molar-refractivity contribution in [2.45, 2.75) is 13.3 Å². The molecule has 0 aliphatic carbocycles. The van der Waals surface area contributed by atoms with Crippen LogP contribution < -0.4 is 0 Å². The molecule has 1 N–H and O–H groups in total. The second kappa shape index (κ2) is 5.16. The second-order valence-electron chi connectivity index (χ2n) is 3.19. The Hall–Kier alpha value is -1.04. The molecule has 0 saturated carbocycles. The molecule has 0 aromatic heterocycles. The quantitative estimate of drug-likeness (QED) is 0.712. The molecule has 15 heavy (non-hydrogen) atoms. The molecule has 2 atom stereocenters. The van der Waals surface area contributed by atoms with Gasteiger partial charge >= 0.3 is 11.9 Å². The van der Waals surface area contributed by atoms with E-state index in [1.165, 1.54) is 0 Å². The third-order valence-corrected chi connectivity index (χ3v) is 3.29. The molecule has 0 radical (unpaired) electrons. The van der Waals surface area contributed by atoms with Gasteiger partial charge in [-0.2, -0.15) is 0 Å². The number of rotatable bonds is 4. The largest absolute Gasteiger partial charge is 0.481 e. The van der Waals surface area contributed by atoms with Crippen LogP contribution in [0.2, 0.25) is 0 Å². The maximum absolute atomic E-state index is 11.4. The summed E-state index contributed by atoms with van der Waals surface area (Å²) in [6.07, 6.45) is -0.296. The van der Waals surface area contributed by atoms with Gasteiger partial charge in [-0.05, 0) is 6.92 Å². The zero-order valence-corrected chi connectivity index (χ0v) is 9.08. The molecule has 1 saturated heterocycles. The number of aliphatic carboxylic acids is 1. The van der Waals surface area contributed by atoms with Crippen molar-refractivity contribution in [3.8, 4) is 0 Å². The van der Waals surface area contributed by atoms with E-state index >= 15 is 0 Å². The van der Waals surface area contributed by atoms with Gasteiger partial charge < -0.3 is 9.84 Å². The fourth-order valence-electron chi connectivity index (χ4n) is 1.45. The van der Waals surface area contributed by atoms with Crippen molar-refractivity contribution >= 4 is 28.8 Å². The molecule has 2 unspecified atom stereocenters. The fraction of sp³-hybridized carbons (Fsp3) is 0.667. The molecule has 1 heterocycles. The first-order valence-electron chi connectivity index (χ1n) is 4.61. The van der Waals surface area contributed by atoms with Crippen molar-refractivity contribution in [3.63, 3.8) is 0 Å². The Morgan fingerprint density at radius 3 is 2.80 bits per heavy atom. The summed E-state index contributed by atoms with van der Waals surface area (Å²) >= 11 is 1.01. The average molecular weight is 232 g/mol. The average Bonchev–Trinajstić information content (AvgIpc) is 2.48. The van der Waals surface area contributed by atoms with Crippen molar-refractivity contribution in [1.82, 2.24) is 0 Å². The number of hydrogen-bond donors (Lipinski definition) is 1. The summed E-state index contributed by atoms with van der Waals surface area (Å²) in [7, 11) is 0. The van der Waals surface area contributed by atoms with E-state index in [4.69, 9.17) is 9.84 Å². The first kappa shape index (κ1) is 12.0. The summed E-state index contributed by atoms with van der Waals surface area (Å²) in [4.78, 5) is 33.2. The zero-order chi connectivity index (χ0) is 11.4. The summed E-state index contributed by atoms with van der Waals surface area (Å²) in [6, 6.07) is 0. The molecule has 6 heteroatoms. The van der Waals surface area contributed by atoms with E-state index in [0.29, 0.717) is 5.75 Å². The Balaban J connectivity index is 2.67. The maximum Gasteiger partial charge on any atom is 0.310 e. The molecule has 0 amide bonds. The lowest BCUT2D eigenvalue weighted by Crippen LogP contribution is -2.27. The van der Waals surface area contributed by atoms with E-state index < -0.39 is 23.8 Å². The lowest BCUT2D eigenvalue weighted by Gasteiger charge is -2.13. The number of carboxylic acids is 1. The lowest BCUT2D eigenvalue weighted by molar-refractivity contribution is -0.151. The van der Waals surface area contributed by atoms with Crippen LogP contribution in [0.4, 0.5) is 0 Å². The van der Waals surface area contributed by atoms with Gasteiger partial charge in [0.05, 0.1) is 24.9 Å². The Labute approximate surface area is 91.2 Å². The minimum atomic E-state index is -1.06. The van der Waals surface area contributed by atoms with Crippen LogP contribution in [0.1, 0.15) is 13.3 Å². The number of ether oxygens (including phenoxy) is 1. The number of hydrogen-bond acceptors (Lipinski definition) is 5. The smallest absolute Gasteiger partial charge is 0.310 e. The van der Waals surface area contributed by atoms with Gasteiger partial charge in [0.15, 0.2) is 5.12 Å². The van der Waals surface area contributed by atoms with Crippen LogP contribution >= 0.6 is 11.8 Å². The molecule has 0 bridgehead atoms. The van der Waals surface area contributed by atoms with Gasteiger partial charge in [0, 0.05) is 5.75 Å². The van der Waals surface area contributed by atoms with Crippen molar-refractivity contribution in [2.24, 2.45) is 11.8 Å². The predicted octanol–water partition coefficient (Wildman–Crippen LogP) is 0.530. The van der Waals surface area contributed by atoms with Gasteiger partial charge in [-0.1, -0.05) is 11.8 Å². The van der Waals surface area contributed by atoms with E-state index in [1.54, 1.807) is 6.92 Å². The molecule has 0 spiro atoms. The highest BCUT2D eigenvalue weighted by Gasteiger charge is 2.42. The SMILES string of the molecule is CCOC(=O)C1CSC(=O)C1CC(=O)O. The van der Waals surface area contributed by atoms with Crippen LogP contribution in [0.5, 0.6) is 0 Å². The summed E-state index contributed by atoms with van der Waals surface area (Å²) in [5.74, 6) is -2.53. The van der Waals surface area contributed by atoms with Crippen molar-refractivity contribution in [2.75, 3.05) is 12.4 Å². The van der Waals surface area contributed by atoms with Crippen molar-refractivity contribution in [1.29, 1.82) is 0 Å². The molecular formula is C9H12O5S. The van der Waals surface area contributed by atoms with Crippen LogP contribution in [0.15, 0.2) is 0 Å². The monoisotopic (exact) mass is 232 g/mol. The van der Waals surface area contributed by atoms with E-state index in [1.807, 2.05) is 0 Å². The standard InChI is InChI=1S/C9H12O5S/c1-2-14-8(12)6-4-15-9(13)5(6)3-7(10)11/h5-6H,2-4H2,1H3,(H,10,11). The summed E-state index contributed by atoms with van der Waals surface area (Å²) in [5, 5.41) is 8.38. The Bertz CT molecular complexity index is 288. The minimum absolute atomic E-state index is 0.226. The van der Waals surface area contributed by atoms with Gasteiger partial charge in [-0.3, -0.25) is 14.4 Å².